The lowest BCUT2D eigenvalue weighted by atomic mass is 10.1. The zero-order valence-corrected chi connectivity index (χ0v) is 17.3. The maximum absolute atomic E-state index is 11.6. The minimum atomic E-state index is -0.0879. The number of esters is 2. The summed E-state index contributed by atoms with van der Waals surface area (Å²) in [7, 11) is 0. The van der Waals surface area contributed by atoms with Gasteiger partial charge < -0.3 is 9.47 Å². The highest BCUT2D eigenvalue weighted by molar-refractivity contribution is 5.69. The van der Waals surface area contributed by atoms with Crippen LogP contribution in [0.3, 0.4) is 0 Å². The van der Waals surface area contributed by atoms with Crippen molar-refractivity contribution >= 4 is 11.9 Å². The molecule has 0 atom stereocenters. The largest absolute Gasteiger partial charge is 0.466 e. The van der Waals surface area contributed by atoms with E-state index in [-0.39, 0.29) is 11.9 Å². The number of rotatable bonds is 17. The molecule has 152 valence electrons. The van der Waals surface area contributed by atoms with E-state index in [1.807, 2.05) is 0 Å². The van der Waals surface area contributed by atoms with E-state index in [9.17, 15) is 9.59 Å². The smallest absolute Gasteiger partial charge is 0.305 e. The van der Waals surface area contributed by atoms with Crippen LogP contribution in [0.2, 0.25) is 0 Å². The maximum atomic E-state index is 11.6. The molecule has 0 unspecified atom stereocenters. The van der Waals surface area contributed by atoms with Gasteiger partial charge in [0, 0.05) is 12.8 Å². The van der Waals surface area contributed by atoms with E-state index in [0.29, 0.717) is 32.0 Å². The Kier molecular flexibility index (Phi) is 17.5. The number of allylic oxidation sites excluding steroid dienone is 1. The fraction of sp³-hybridized carbons (Fsp3) is 0.818. The zero-order chi connectivity index (χ0) is 19.5. The Morgan fingerprint density at radius 3 is 1.85 bits per heavy atom. The fourth-order valence-corrected chi connectivity index (χ4v) is 2.59. The van der Waals surface area contributed by atoms with Gasteiger partial charge >= 0.3 is 11.9 Å². The standard InChI is InChI=1S/C22H40O4/c1-4-5-6-13-18-25-21(23)16-11-9-7-8-10-12-17-22(24)26-19-14-15-20(2)3/h5-6,20H,4,7-19H2,1-3H3/b6-5+. The van der Waals surface area contributed by atoms with Gasteiger partial charge in [-0.25, -0.2) is 0 Å². The average Bonchev–Trinajstić information content (AvgIpc) is 2.60. The summed E-state index contributed by atoms with van der Waals surface area (Å²) >= 11 is 0. The van der Waals surface area contributed by atoms with E-state index in [1.165, 1.54) is 0 Å². The summed E-state index contributed by atoms with van der Waals surface area (Å²) in [6.45, 7) is 7.49. The van der Waals surface area contributed by atoms with E-state index in [4.69, 9.17) is 9.47 Å². The molecule has 0 N–H and O–H groups in total. The van der Waals surface area contributed by atoms with Crippen molar-refractivity contribution in [2.75, 3.05) is 13.2 Å². The van der Waals surface area contributed by atoms with Crippen molar-refractivity contribution < 1.29 is 19.1 Å². The molecule has 0 fully saturated rings. The molecule has 0 aliphatic carbocycles. The number of hydrogen-bond donors (Lipinski definition) is 0. The third-order valence-electron chi connectivity index (χ3n) is 4.15. The molecule has 0 saturated heterocycles. The van der Waals surface area contributed by atoms with Crippen LogP contribution < -0.4 is 0 Å². The quantitative estimate of drug-likeness (QED) is 0.180. The summed E-state index contributed by atoms with van der Waals surface area (Å²) in [4.78, 5) is 23.1. The van der Waals surface area contributed by atoms with Crippen LogP contribution in [0.5, 0.6) is 0 Å². The van der Waals surface area contributed by atoms with Gasteiger partial charge in [0.05, 0.1) is 13.2 Å². The highest BCUT2D eigenvalue weighted by Crippen LogP contribution is 2.10. The lowest BCUT2D eigenvalue weighted by Crippen LogP contribution is -2.06. The fourth-order valence-electron chi connectivity index (χ4n) is 2.59. The molecular formula is C22H40O4. The molecule has 0 rings (SSSR count). The summed E-state index contributed by atoms with van der Waals surface area (Å²) in [5, 5.41) is 0. The van der Waals surface area contributed by atoms with Crippen LogP contribution in [0.15, 0.2) is 12.2 Å². The van der Waals surface area contributed by atoms with E-state index in [2.05, 4.69) is 32.9 Å². The third kappa shape index (κ3) is 19.0. The SMILES string of the molecule is CC/C=C/CCOC(=O)CCCCCCCCC(=O)OCCCC(C)C. The summed E-state index contributed by atoms with van der Waals surface area (Å²) in [5.74, 6) is 0.513. The maximum Gasteiger partial charge on any atom is 0.305 e. The molecular weight excluding hydrogens is 328 g/mol. The molecule has 4 nitrogen and oxygen atoms in total. The first-order valence-corrected chi connectivity index (χ1v) is 10.5. The predicted octanol–water partition coefficient (Wildman–Crippen LogP) is 5.99. The lowest BCUT2D eigenvalue weighted by Gasteiger charge is -2.06. The molecule has 0 aromatic carbocycles. The van der Waals surface area contributed by atoms with Crippen molar-refractivity contribution in [3.63, 3.8) is 0 Å². The van der Waals surface area contributed by atoms with Crippen LogP contribution in [0, 0.1) is 5.92 Å². The summed E-state index contributed by atoms with van der Waals surface area (Å²) in [6.07, 6.45) is 15.2. The normalized spacial score (nSPS) is 11.2. The minimum Gasteiger partial charge on any atom is -0.466 e. The van der Waals surface area contributed by atoms with Crippen LogP contribution in [0.4, 0.5) is 0 Å². The van der Waals surface area contributed by atoms with Crippen molar-refractivity contribution in [2.45, 2.75) is 97.8 Å². The molecule has 0 aromatic heterocycles. The second kappa shape index (κ2) is 18.5. The monoisotopic (exact) mass is 368 g/mol. The van der Waals surface area contributed by atoms with Gasteiger partial charge in [0.25, 0.3) is 0 Å². The highest BCUT2D eigenvalue weighted by atomic mass is 16.5. The van der Waals surface area contributed by atoms with E-state index in [1.54, 1.807) is 0 Å². The Morgan fingerprint density at radius 2 is 1.31 bits per heavy atom. The number of carbonyl (C=O) groups is 2. The second-order valence-electron chi connectivity index (χ2n) is 7.27. The Bertz CT molecular complexity index is 374. The van der Waals surface area contributed by atoms with Gasteiger partial charge in [0.1, 0.15) is 0 Å². The Balaban J connectivity index is 3.31. The van der Waals surface area contributed by atoms with Crippen molar-refractivity contribution in [3.8, 4) is 0 Å². The van der Waals surface area contributed by atoms with Gasteiger partial charge in [0.2, 0.25) is 0 Å². The van der Waals surface area contributed by atoms with Crippen molar-refractivity contribution in [2.24, 2.45) is 5.92 Å². The first-order chi connectivity index (χ1) is 12.6. The molecule has 0 amide bonds. The molecule has 0 saturated carbocycles. The minimum absolute atomic E-state index is 0.0646. The van der Waals surface area contributed by atoms with Gasteiger partial charge in [-0.05, 0) is 44.4 Å². The molecule has 0 spiro atoms. The predicted molar refractivity (Wildman–Crippen MR) is 107 cm³/mol. The molecule has 0 aromatic rings. The molecule has 4 heteroatoms. The van der Waals surface area contributed by atoms with Gasteiger partial charge in [-0.3, -0.25) is 9.59 Å². The van der Waals surface area contributed by atoms with Crippen LogP contribution in [0.25, 0.3) is 0 Å². The topological polar surface area (TPSA) is 52.6 Å². The Morgan fingerprint density at radius 1 is 0.769 bits per heavy atom. The second-order valence-corrected chi connectivity index (χ2v) is 7.27. The third-order valence-corrected chi connectivity index (χ3v) is 4.15. The van der Waals surface area contributed by atoms with Gasteiger partial charge in [-0.15, -0.1) is 0 Å². The van der Waals surface area contributed by atoms with Gasteiger partial charge in [-0.2, -0.15) is 0 Å². The van der Waals surface area contributed by atoms with Crippen molar-refractivity contribution in [1.82, 2.24) is 0 Å². The average molecular weight is 369 g/mol. The number of carbonyl (C=O) groups excluding carboxylic acids is 2. The van der Waals surface area contributed by atoms with Crippen LogP contribution in [0.1, 0.15) is 97.8 Å². The summed E-state index contributed by atoms with van der Waals surface area (Å²) in [5.41, 5.74) is 0. The van der Waals surface area contributed by atoms with Crippen LogP contribution in [-0.2, 0) is 19.1 Å². The van der Waals surface area contributed by atoms with E-state index >= 15 is 0 Å². The number of hydrogen-bond acceptors (Lipinski definition) is 4. The van der Waals surface area contributed by atoms with Gasteiger partial charge in [-0.1, -0.05) is 58.6 Å². The molecule has 26 heavy (non-hydrogen) atoms. The molecule has 0 aliphatic heterocycles. The lowest BCUT2D eigenvalue weighted by molar-refractivity contribution is -0.144. The van der Waals surface area contributed by atoms with Gasteiger partial charge in [0.15, 0.2) is 0 Å². The Hall–Kier alpha value is -1.32. The Labute approximate surface area is 160 Å². The number of ether oxygens (including phenoxy) is 2. The van der Waals surface area contributed by atoms with E-state index in [0.717, 1.165) is 64.2 Å². The first kappa shape index (κ1) is 24.7. The van der Waals surface area contributed by atoms with Crippen LogP contribution in [-0.4, -0.2) is 25.2 Å². The molecule has 0 bridgehead atoms. The first-order valence-electron chi connectivity index (χ1n) is 10.5. The summed E-state index contributed by atoms with van der Waals surface area (Å²) in [6, 6.07) is 0. The van der Waals surface area contributed by atoms with E-state index < -0.39 is 0 Å². The molecule has 0 radical (unpaired) electrons. The van der Waals surface area contributed by atoms with Crippen molar-refractivity contribution in [3.05, 3.63) is 12.2 Å². The summed E-state index contributed by atoms with van der Waals surface area (Å²) < 4.78 is 10.4. The van der Waals surface area contributed by atoms with Crippen molar-refractivity contribution in [1.29, 1.82) is 0 Å². The van der Waals surface area contributed by atoms with Crippen LogP contribution >= 0.6 is 0 Å². The number of unbranched alkanes of at least 4 members (excludes halogenated alkanes) is 5. The highest BCUT2D eigenvalue weighted by Gasteiger charge is 2.04. The molecule has 0 aliphatic rings. The zero-order valence-electron chi connectivity index (χ0n) is 17.3. The molecule has 0 heterocycles.